The van der Waals surface area contributed by atoms with Gasteiger partial charge in [0.05, 0.1) is 17.1 Å². The minimum absolute atomic E-state index is 0.0814. The van der Waals surface area contributed by atoms with Crippen molar-refractivity contribution >= 4 is 33.0 Å². The predicted octanol–water partition coefficient (Wildman–Crippen LogP) is 2.29. The molecule has 2 rings (SSSR count). The maximum Gasteiger partial charge on any atom is 0.133 e. The highest BCUT2D eigenvalue weighted by Gasteiger charge is 2.10. The summed E-state index contributed by atoms with van der Waals surface area (Å²) in [6, 6.07) is 3.66. The molecule has 3 nitrogen and oxygen atoms in total. The van der Waals surface area contributed by atoms with Crippen LogP contribution in [-0.4, -0.2) is 21.1 Å². The van der Waals surface area contributed by atoms with Crippen LogP contribution in [0.3, 0.4) is 0 Å². The van der Waals surface area contributed by atoms with Crippen LogP contribution in [0.4, 0.5) is 0 Å². The van der Waals surface area contributed by atoms with Gasteiger partial charge in [-0.15, -0.1) is 0 Å². The van der Waals surface area contributed by atoms with E-state index in [9.17, 15) is 0 Å². The Morgan fingerprint density at radius 3 is 3.07 bits per heavy atom. The molecule has 0 unspecified atom stereocenters. The molecule has 0 aromatic carbocycles. The first-order chi connectivity index (χ1) is 6.74. The normalized spacial score (nSPS) is 11.1. The van der Waals surface area contributed by atoms with Crippen LogP contribution in [0.25, 0.3) is 5.52 Å². The van der Waals surface area contributed by atoms with E-state index < -0.39 is 0 Å². The number of halogens is 2. The lowest BCUT2D eigenvalue weighted by molar-refractivity contribution is 0.296. The van der Waals surface area contributed by atoms with Crippen molar-refractivity contribution in [2.24, 2.45) is 0 Å². The summed E-state index contributed by atoms with van der Waals surface area (Å²) < 4.78 is 2.59. The van der Waals surface area contributed by atoms with Gasteiger partial charge in [0, 0.05) is 12.6 Å². The lowest BCUT2D eigenvalue weighted by Gasteiger charge is -1.99. The predicted molar refractivity (Wildman–Crippen MR) is 58.7 cm³/mol. The fourth-order valence-electron chi connectivity index (χ4n) is 1.39. The van der Waals surface area contributed by atoms with Crippen LogP contribution in [0.15, 0.2) is 22.9 Å². The van der Waals surface area contributed by atoms with Crippen molar-refractivity contribution < 1.29 is 5.11 Å². The first kappa shape index (κ1) is 9.96. The highest BCUT2D eigenvalue weighted by Crippen LogP contribution is 2.26. The Bertz CT molecular complexity index is 469. The fraction of sp³-hybridized carbons (Fsp3) is 0.222. The highest BCUT2D eigenvalue weighted by molar-refractivity contribution is 9.10. The topological polar surface area (TPSA) is 37.5 Å². The summed E-state index contributed by atoms with van der Waals surface area (Å²) in [6.07, 6.45) is 2.40. The number of imidazole rings is 1. The smallest absolute Gasteiger partial charge is 0.133 e. The van der Waals surface area contributed by atoms with Crippen LogP contribution in [-0.2, 0) is 6.42 Å². The molecule has 0 atom stereocenters. The van der Waals surface area contributed by atoms with Crippen molar-refractivity contribution in [1.29, 1.82) is 0 Å². The second-order valence-electron chi connectivity index (χ2n) is 2.87. The first-order valence-electron chi connectivity index (χ1n) is 4.16. The number of aliphatic hydroxyl groups excluding tert-OH is 1. The molecule has 0 saturated carbocycles. The second kappa shape index (κ2) is 3.88. The molecule has 0 aliphatic carbocycles. The van der Waals surface area contributed by atoms with E-state index >= 15 is 0 Å². The van der Waals surface area contributed by atoms with E-state index in [0.717, 1.165) is 11.3 Å². The van der Waals surface area contributed by atoms with Crippen LogP contribution in [0.5, 0.6) is 0 Å². The zero-order valence-corrected chi connectivity index (χ0v) is 9.59. The molecule has 2 aromatic heterocycles. The third kappa shape index (κ3) is 1.54. The van der Waals surface area contributed by atoms with Crippen LogP contribution in [0, 0.1) is 0 Å². The Kier molecular flexibility index (Phi) is 2.76. The van der Waals surface area contributed by atoms with E-state index in [4.69, 9.17) is 16.7 Å². The number of aromatic nitrogens is 2. The Hall–Kier alpha value is -0.580. The lowest BCUT2D eigenvalue weighted by Crippen LogP contribution is -1.97. The molecule has 0 spiro atoms. The molecule has 0 aliphatic heterocycles. The summed E-state index contributed by atoms with van der Waals surface area (Å²) in [5.41, 5.74) is 0.845. The van der Waals surface area contributed by atoms with Gasteiger partial charge < -0.3 is 9.51 Å². The van der Waals surface area contributed by atoms with Crippen LogP contribution in [0.1, 0.15) is 5.82 Å². The van der Waals surface area contributed by atoms with Gasteiger partial charge >= 0.3 is 0 Å². The summed E-state index contributed by atoms with van der Waals surface area (Å²) in [7, 11) is 0. The van der Waals surface area contributed by atoms with Crippen LogP contribution in [0.2, 0.25) is 5.02 Å². The molecule has 74 valence electrons. The Morgan fingerprint density at radius 2 is 2.36 bits per heavy atom. The maximum absolute atomic E-state index is 8.86. The van der Waals surface area contributed by atoms with E-state index in [2.05, 4.69) is 20.9 Å². The molecule has 1 N–H and O–H groups in total. The van der Waals surface area contributed by atoms with Gasteiger partial charge in [-0.1, -0.05) is 11.6 Å². The summed E-state index contributed by atoms with van der Waals surface area (Å²) in [5.74, 6) is 0.803. The third-order valence-corrected chi connectivity index (χ3v) is 2.84. The fourth-order valence-corrected chi connectivity index (χ4v) is 2.37. The molecule has 0 amide bonds. The number of hydrogen-bond acceptors (Lipinski definition) is 2. The number of aliphatic hydroxyl groups is 1. The molecule has 0 aliphatic rings. The van der Waals surface area contributed by atoms with E-state index in [1.807, 2.05) is 22.7 Å². The zero-order chi connectivity index (χ0) is 10.1. The summed E-state index contributed by atoms with van der Waals surface area (Å²) >= 11 is 9.36. The lowest BCUT2D eigenvalue weighted by atomic mass is 10.4. The van der Waals surface area contributed by atoms with Gasteiger partial charge in [0.15, 0.2) is 0 Å². The van der Waals surface area contributed by atoms with Crippen molar-refractivity contribution in [2.45, 2.75) is 6.42 Å². The molecule has 0 fully saturated rings. The Morgan fingerprint density at radius 1 is 1.57 bits per heavy atom. The largest absolute Gasteiger partial charge is 0.396 e. The van der Waals surface area contributed by atoms with Gasteiger partial charge in [0.1, 0.15) is 10.4 Å². The molecule has 2 heterocycles. The molecule has 2 aromatic rings. The molecular formula is C9H8BrClN2O. The van der Waals surface area contributed by atoms with Gasteiger partial charge in [0.25, 0.3) is 0 Å². The number of rotatable bonds is 2. The maximum atomic E-state index is 8.86. The van der Waals surface area contributed by atoms with Crippen molar-refractivity contribution in [3.63, 3.8) is 0 Å². The molecule has 0 radical (unpaired) electrons. The number of nitrogens with zero attached hydrogens (tertiary/aromatic N) is 2. The molecular weight excluding hydrogens is 267 g/mol. The minimum atomic E-state index is 0.0814. The third-order valence-electron chi connectivity index (χ3n) is 1.98. The van der Waals surface area contributed by atoms with Gasteiger partial charge in [-0.05, 0) is 28.1 Å². The van der Waals surface area contributed by atoms with Gasteiger partial charge in [-0.2, -0.15) is 0 Å². The van der Waals surface area contributed by atoms with E-state index in [-0.39, 0.29) is 6.61 Å². The van der Waals surface area contributed by atoms with Crippen molar-refractivity contribution in [3.8, 4) is 0 Å². The van der Waals surface area contributed by atoms with E-state index in [1.54, 1.807) is 0 Å². The average Bonchev–Trinajstić information content (AvgIpc) is 2.46. The second-order valence-corrected chi connectivity index (χ2v) is 4.03. The number of hydrogen-bond donors (Lipinski definition) is 1. The number of fused-ring (bicyclic) bond motifs is 1. The molecule has 14 heavy (non-hydrogen) atoms. The number of pyridine rings is 1. The zero-order valence-electron chi connectivity index (χ0n) is 7.24. The quantitative estimate of drug-likeness (QED) is 0.913. The van der Waals surface area contributed by atoms with Crippen LogP contribution < -0.4 is 0 Å². The first-order valence-corrected chi connectivity index (χ1v) is 5.33. The Labute approximate surface area is 94.5 Å². The minimum Gasteiger partial charge on any atom is -0.396 e. The van der Waals surface area contributed by atoms with Crippen LogP contribution >= 0.6 is 27.5 Å². The standard InChI is InChI=1S/C9H8BrClN2O/c10-9-8-6(11)2-1-4-13(8)7(12-9)3-5-14/h1-2,4,14H,3,5H2. The van der Waals surface area contributed by atoms with Crippen molar-refractivity contribution in [3.05, 3.63) is 33.8 Å². The van der Waals surface area contributed by atoms with Crippen molar-refractivity contribution in [1.82, 2.24) is 9.38 Å². The Balaban J connectivity index is 2.71. The summed E-state index contributed by atoms with van der Waals surface area (Å²) in [6.45, 7) is 0.0814. The molecule has 5 heteroatoms. The van der Waals surface area contributed by atoms with Gasteiger partial charge in [0.2, 0.25) is 0 Å². The monoisotopic (exact) mass is 274 g/mol. The highest BCUT2D eigenvalue weighted by atomic mass is 79.9. The van der Waals surface area contributed by atoms with Gasteiger partial charge in [-0.25, -0.2) is 4.98 Å². The summed E-state index contributed by atoms with van der Waals surface area (Å²) in [5, 5.41) is 9.51. The molecule has 0 bridgehead atoms. The van der Waals surface area contributed by atoms with Crippen molar-refractivity contribution in [2.75, 3.05) is 6.61 Å². The molecule has 0 saturated heterocycles. The van der Waals surface area contributed by atoms with E-state index in [1.165, 1.54) is 0 Å². The summed E-state index contributed by atoms with van der Waals surface area (Å²) in [4.78, 5) is 4.28. The van der Waals surface area contributed by atoms with Gasteiger partial charge in [-0.3, -0.25) is 0 Å². The average molecular weight is 276 g/mol. The van der Waals surface area contributed by atoms with E-state index in [0.29, 0.717) is 16.0 Å². The SMILES string of the molecule is OCCc1nc(Br)c2c(Cl)cccn12.